The maximum absolute atomic E-state index is 10.8. The number of carboxylic acid groups (broad SMARTS) is 1. The van der Waals surface area contributed by atoms with Crippen LogP contribution in [0.15, 0.2) is 16.7 Å². The van der Waals surface area contributed by atoms with Crippen LogP contribution >= 0.6 is 11.8 Å². The third-order valence-electron chi connectivity index (χ3n) is 2.95. The van der Waals surface area contributed by atoms with E-state index in [1.807, 2.05) is 11.8 Å². The lowest BCUT2D eigenvalue weighted by molar-refractivity contribution is 0.0694. The van der Waals surface area contributed by atoms with Gasteiger partial charge in [-0.25, -0.2) is 4.79 Å². The Morgan fingerprint density at radius 2 is 2.44 bits per heavy atom. The Morgan fingerprint density at radius 3 is 3.00 bits per heavy atom. The van der Waals surface area contributed by atoms with Gasteiger partial charge in [0.05, 0.1) is 12.8 Å². The molecule has 1 fully saturated rings. The van der Waals surface area contributed by atoms with Crippen LogP contribution in [0.1, 0.15) is 29.0 Å². The molecular weight excluding hydrogens is 226 g/mol. The molecule has 1 saturated carbocycles. The van der Waals surface area contributed by atoms with Crippen molar-refractivity contribution < 1.29 is 14.3 Å². The summed E-state index contributed by atoms with van der Waals surface area (Å²) in [7, 11) is 0. The molecule has 1 aromatic heterocycles. The molecule has 0 radical (unpaired) electrons. The summed E-state index contributed by atoms with van der Waals surface area (Å²) in [5.41, 5.74) is 0.251. The SMILES string of the molecule is CSC1(CNCc2occc2C(=O)O)CC1. The average Bonchev–Trinajstić information content (AvgIpc) is 2.88. The maximum atomic E-state index is 10.8. The van der Waals surface area contributed by atoms with Crippen LogP contribution in [0, 0.1) is 0 Å². The van der Waals surface area contributed by atoms with Crippen LogP contribution in [0.3, 0.4) is 0 Å². The van der Waals surface area contributed by atoms with E-state index in [-0.39, 0.29) is 5.56 Å². The number of thioether (sulfide) groups is 1. The molecule has 0 amide bonds. The molecule has 1 aliphatic carbocycles. The zero-order valence-electron chi connectivity index (χ0n) is 9.16. The molecule has 88 valence electrons. The van der Waals surface area contributed by atoms with E-state index in [1.165, 1.54) is 25.2 Å². The summed E-state index contributed by atoms with van der Waals surface area (Å²) in [4.78, 5) is 10.8. The lowest BCUT2D eigenvalue weighted by Crippen LogP contribution is -2.25. The molecule has 0 saturated heterocycles. The molecule has 1 aromatic rings. The summed E-state index contributed by atoms with van der Waals surface area (Å²) in [6.45, 7) is 1.39. The first kappa shape index (κ1) is 11.5. The van der Waals surface area contributed by atoms with Gasteiger partial charge in [-0.1, -0.05) is 0 Å². The number of carboxylic acids is 1. The fourth-order valence-corrected chi connectivity index (χ4v) is 2.42. The second kappa shape index (κ2) is 4.51. The molecule has 5 heteroatoms. The molecule has 0 bridgehead atoms. The lowest BCUT2D eigenvalue weighted by Gasteiger charge is -2.12. The van der Waals surface area contributed by atoms with Crippen molar-refractivity contribution in [3.63, 3.8) is 0 Å². The first-order chi connectivity index (χ1) is 7.67. The van der Waals surface area contributed by atoms with Crippen LogP contribution in [0.5, 0.6) is 0 Å². The van der Waals surface area contributed by atoms with Gasteiger partial charge in [-0.3, -0.25) is 0 Å². The number of furan rings is 1. The molecule has 0 unspecified atom stereocenters. The van der Waals surface area contributed by atoms with Crippen LogP contribution in [0.4, 0.5) is 0 Å². The van der Waals surface area contributed by atoms with Gasteiger partial charge < -0.3 is 14.8 Å². The molecule has 0 spiro atoms. The van der Waals surface area contributed by atoms with Crippen molar-refractivity contribution in [2.45, 2.75) is 24.1 Å². The molecule has 1 aliphatic rings. The van der Waals surface area contributed by atoms with Crippen molar-refractivity contribution in [1.82, 2.24) is 5.32 Å². The number of hydrogen-bond donors (Lipinski definition) is 2. The van der Waals surface area contributed by atoms with E-state index in [1.54, 1.807) is 0 Å². The minimum Gasteiger partial charge on any atom is -0.478 e. The number of rotatable bonds is 6. The lowest BCUT2D eigenvalue weighted by atomic mass is 10.2. The predicted octanol–water partition coefficient (Wildman–Crippen LogP) is 1.96. The third-order valence-corrected chi connectivity index (χ3v) is 4.37. The van der Waals surface area contributed by atoms with Crippen molar-refractivity contribution in [1.29, 1.82) is 0 Å². The van der Waals surface area contributed by atoms with Gasteiger partial charge in [-0.15, -0.1) is 0 Å². The number of nitrogens with one attached hydrogen (secondary N) is 1. The van der Waals surface area contributed by atoms with E-state index < -0.39 is 5.97 Å². The van der Waals surface area contributed by atoms with Gasteiger partial charge in [0.15, 0.2) is 0 Å². The Labute approximate surface area is 98.4 Å². The minimum absolute atomic E-state index is 0.251. The van der Waals surface area contributed by atoms with Gasteiger partial charge in [-0.2, -0.15) is 11.8 Å². The molecule has 2 N–H and O–H groups in total. The smallest absolute Gasteiger partial charge is 0.339 e. The highest BCUT2D eigenvalue weighted by atomic mass is 32.2. The first-order valence-electron chi connectivity index (χ1n) is 5.22. The van der Waals surface area contributed by atoms with Crippen molar-refractivity contribution in [3.05, 3.63) is 23.7 Å². The Bertz CT molecular complexity index is 384. The average molecular weight is 241 g/mol. The Kier molecular flexibility index (Phi) is 3.25. The van der Waals surface area contributed by atoms with E-state index in [9.17, 15) is 4.79 Å². The van der Waals surface area contributed by atoms with E-state index in [0.29, 0.717) is 17.1 Å². The molecule has 0 aliphatic heterocycles. The van der Waals surface area contributed by atoms with E-state index in [0.717, 1.165) is 6.54 Å². The maximum Gasteiger partial charge on any atom is 0.339 e. The first-order valence-corrected chi connectivity index (χ1v) is 6.45. The van der Waals surface area contributed by atoms with Gasteiger partial charge in [0.25, 0.3) is 0 Å². The molecular formula is C11H15NO3S. The zero-order chi connectivity index (χ0) is 11.6. The summed E-state index contributed by atoms with van der Waals surface area (Å²) in [5.74, 6) is -0.430. The normalized spacial score (nSPS) is 17.3. The van der Waals surface area contributed by atoms with Gasteiger partial charge in [0, 0.05) is 11.3 Å². The molecule has 16 heavy (non-hydrogen) atoms. The Hall–Kier alpha value is -0.940. The second-order valence-electron chi connectivity index (χ2n) is 4.05. The van der Waals surface area contributed by atoms with Crippen molar-refractivity contribution in [2.75, 3.05) is 12.8 Å². The monoisotopic (exact) mass is 241 g/mol. The largest absolute Gasteiger partial charge is 0.478 e. The van der Waals surface area contributed by atoms with Gasteiger partial charge in [0.2, 0.25) is 0 Å². The van der Waals surface area contributed by atoms with Crippen LogP contribution in [-0.2, 0) is 6.54 Å². The van der Waals surface area contributed by atoms with Gasteiger partial charge >= 0.3 is 5.97 Å². The quantitative estimate of drug-likeness (QED) is 0.797. The summed E-state index contributed by atoms with van der Waals surface area (Å²) in [6, 6.07) is 1.49. The number of aromatic carboxylic acids is 1. The second-order valence-corrected chi connectivity index (χ2v) is 5.33. The Morgan fingerprint density at radius 1 is 1.69 bits per heavy atom. The molecule has 1 heterocycles. The van der Waals surface area contributed by atoms with Crippen LogP contribution in [0.2, 0.25) is 0 Å². The highest BCUT2D eigenvalue weighted by Crippen LogP contribution is 2.46. The van der Waals surface area contributed by atoms with Crippen LogP contribution < -0.4 is 5.32 Å². The fourth-order valence-electron chi connectivity index (χ4n) is 1.66. The molecule has 4 nitrogen and oxygen atoms in total. The summed E-state index contributed by atoms with van der Waals surface area (Å²) >= 11 is 1.88. The number of carbonyl (C=O) groups is 1. The van der Waals surface area contributed by atoms with Crippen molar-refractivity contribution in [2.24, 2.45) is 0 Å². The van der Waals surface area contributed by atoms with E-state index in [2.05, 4.69) is 11.6 Å². The summed E-state index contributed by atoms with van der Waals surface area (Å²) in [6.07, 6.45) is 6.02. The molecule has 2 rings (SSSR count). The fraction of sp³-hybridized carbons (Fsp3) is 0.545. The van der Waals surface area contributed by atoms with Crippen molar-refractivity contribution in [3.8, 4) is 0 Å². The Balaban J connectivity index is 1.85. The standard InChI is InChI=1S/C11H15NO3S/c1-16-11(3-4-11)7-12-6-9-8(10(13)14)2-5-15-9/h2,5,12H,3-4,6-7H2,1H3,(H,13,14). The number of hydrogen-bond acceptors (Lipinski definition) is 4. The van der Waals surface area contributed by atoms with Crippen LogP contribution in [-0.4, -0.2) is 28.6 Å². The topological polar surface area (TPSA) is 62.5 Å². The predicted molar refractivity (Wildman–Crippen MR) is 62.9 cm³/mol. The van der Waals surface area contributed by atoms with Crippen molar-refractivity contribution >= 4 is 17.7 Å². The van der Waals surface area contributed by atoms with E-state index >= 15 is 0 Å². The minimum atomic E-state index is -0.934. The van der Waals surface area contributed by atoms with Gasteiger partial charge in [0.1, 0.15) is 11.3 Å². The van der Waals surface area contributed by atoms with E-state index in [4.69, 9.17) is 9.52 Å². The third kappa shape index (κ3) is 2.41. The summed E-state index contributed by atoms with van der Waals surface area (Å²) in [5, 5.41) is 12.1. The molecule has 0 atom stereocenters. The highest BCUT2D eigenvalue weighted by molar-refractivity contribution is 8.00. The summed E-state index contributed by atoms with van der Waals surface area (Å²) < 4.78 is 5.53. The molecule has 0 aromatic carbocycles. The zero-order valence-corrected chi connectivity index (χ0v) is 9.97. The van der Waals surface area contributed by atoms with Gasteiger partial charge in [-0.05, 0) is 25.2 Å². The highest BCUT2D eigenvalue weighted by Gasteiger charge is 2.41. The van der Waals surface area contributed by atoms with Crippen LogP contribution in [0.25, 0.3) is 0 Å².